The third-order valence-corrected chi connectivity index (χ3v) is 7.74. The van der Waals surface area contributed by atoms with Crippen LogP contribution in [0.1, 0.15) is 63.9 Å². The van der Waals surface area contributed by atoms with Crippen LogP contribution in [0.2, 0.25) is 0 Å². The van der Waals surface area contributed by atoms with E-state index in [1.807, 2.05) is 41.3 Å². The average Bonchev–Trinajstić information content (AvgIpc) is 3.32. The van der Waals surface area contributed by atoms with Crippen molar-refractivity contribution in [3.63, 3.8) is 0 Å². The summed E-state index contributed by atoms with van der Waals surface area (Å²) in [5, 5.41) is 0.854. The maximum Gasteiger partial charge on any atom is 0.292 e. The Hall–Kier alpha value is -3.85. The number of rotatable bonds is 4. The van der Waals surface area contributed by atoms with Gasteiger partial charge in [-0.1, -0.05) is 18.2 Å². The highest BCUT2D eigenvalue weighted by atomic mass is 32.1. The molecule has 2 aliphatic rings. The number of pyridine rings is 1. The number of thiazole rings is 1. The summed E-state index contributed by atoms with van der Waals surface area (Å²) in [7, 11) is 0. The molecule has 1 aliphatic carbocycles. The third-order valence-electron chi connectivity index (χ3n) is 6.65. The molecular formula is C26H22N6O2S. The fourth-order valence-corrected chi connectivity index (χ4v) is 5.88. The van der Waals surface area contributed by atoms with Gasteiger partial charge in [-0.25, -0.2) is 15.0 Å². The quantitative estimate of drug-likeness (QED) is 0.381. The van der Waals surface area contributed by atoms with Gasteiger partial charge >= 0.3 is 0 Å². The van der Waals surface area contributed by atoms with E-state index in [1.54, 1.807) is 23.9 Å². The van der Waals surface area contributed by atoms with E-state index in [9.17, 15) is 4.79 Å². The molecule has 1 fully saturated rings. The lowest BCUT2D eigenvalue weighted by atomic mass is 10.1. The molecule has 7 rings (SSSR count). The van der Waals surface area contributed by atoms with Crippen LogP contribution in [0.25, 0.3) is 21.8 Å². The Kier molecular flexibility index (Phi) is 4.76. The van der Waals surface area contributed by atoms with Crippen LogP contribution >= 0.6 is 11.3 Å². The largest absolute Gasteiger partial charge is 0.429 e. The number of carbonyl (C=O) groups excluding carboxylic acids is 1. The minimum Gasteiger partial charge on any atom is -0.429 e. The Morgan fingerprint density at radius 2 is 1.94 bits per heavy atom. The van der Waals surface area contributed by atoms with Gasteiger partial charge in [-0.05, 0) is 49.9 Å². The van der Waals surface area contributed by atoms with Gasteiger partial charge in [-0.2, -0.15) is 0 Å². The van der Waals surface area contributed by atoms with Crippen LogP contribution in [0.15, 0.2) is 59.4 Å². The highest BCUT2D eigenvalue weighted by molar-refractivity contribution is 7.18. The molecule has 0 unspecified atom stereocenters. The van der Waals surface area contributed by atoms with Crippen molar-refractivity contribution in [1.82, 2.24) is 29.8 Å². The first kappa shape index (κ1) is 20.5. The normalized spacial score (nSPS) is 17.9. The van der Waals surface area contributed by atoms with Crippen LogP contribution in [0.3, 0.4) is 0 Å². The Morgan fingerprint density at radius 3 is 2.77 bits per heavy atom. The van der Waals surface area contributed by atoms with Crippen LogP contribution in [0, 0.1) is 0 Å². The van der Waals surface area contributed by atoms with Gasteiger partial charge in [0.15, 0.2) is 0 Å². The number of hydrogen-bond acceptors (Lipinski definition) is 7. The van der Waals surface area contributed by atoms with Crippen molar-refractivity contribution < 1.29 is 9.21 Å². The lowest BCUT2D eigenvalue weighted by Gasteiger charge is -2.27. The summed E-state index contributed by atoms with van der Waals surface area (Å²) < 4.78 is 7.25. The van der Waals surface area contributed by atoms with E-state index in [0.29, 0.717) is 23.9 Å². The number of aromatic nitrogens is 5. The second-order valence-electron chi connectivity index (χ2n) is 9.01. The first-order valence-corrected chi connectivity index (χ1v) is 12.7. The van der Waals surface area contributed by atoms with Crippen molar-refractivity contribution in [3.05, 3.63) is 82.8 Å². The third kappa shape index (κ3) is 3.54. The lowest BCUT2D eigenvalue weighted by molar-refractivity contribution is 0.0674. The minimum atomic E-state index is -0.390. The van der Waals surface area contributed by atoms with Crippen LogP contribution in [0.4, 0.5) is 0 Å². The van der Waals surface area contributed by atoms with Gasteiger partial charge in [-0.15, -0.1) is 11.3 Å². The van der Waals surface area contributed by atoms with E-state index in [-0.39, 0.29) is 17.9 Å². The fraction of sp³-hybridized carbons (Fsp3) is 0.269. The highest BCUT2D eigenvalue weighted by Crippen LogP contribution is 2.44. The molecule has 35 heavy (non-hydrogen) atoms. The van der Waals surface area contributed by atoms with Gasteiger partial charge < -0.3 is 14.3 Å². The second-order valence-corrected chi connectivity index (χ2v) is 10.1. The summed E-state index contributed by atoms with van der Waals surface area (Å²) >= 11 is 1.61. The molecule has 5 aromatic rings. The fourth-order valence-electron chi connectivity index (χ4n) is 4.79. The molecule has 1 aromatic carbocycles. The van der Waals surface area contributed by atoms with E-state index < -0.39 is 0 Å². The van der Waals surface area contributed by atoms with Crippen molar-refractivity contribution in [2.24, 2.45) is 0 Å². The number of fused-ring (bicyclic) bond motifs is 2. The average molecular weight is 483 g/mol. The maximum atomic E-state index is 14.2. The summed E-state index contributed by atoms with van der Waals surface area (Å²) in [6, 6.07) is 13.3. The standard InChI is InChI=1S/C26H22N6O2S/c33-26(23-20(15-10-11-15)31-24(34-23)18-7-3-4-12-27-18)32-13-5-8-17-21(29-14-28-17)22(32)25-30-16-6-1-2-9-19(16)35-25/h1-4,6-7,9,12,14-15,22H,5,8,10-11,13H2,(H,28,29)/t22-/m0/s1. The van der Waals surface area contributed by atoms with Crippen molar-refractivity contribution in [1.29, 1.82) is 0 Å². The molecule has 0 spiro atoms. The van der Waals surface area contributed by atoms with Gasteiger partial charge in [0, 0.05) is 24.4 Å². The summed E-state index contributed by atoms with van der Waals surface area (Å²) in [6.07, 6.45) is 7.09. The number of hydrogen-bond donors (Lipinski definition) is 1. The lowest BCUT2D eigenvalue weighted by Crippen LogP contribution is -2.36. The number of nitrogens with one attached hydrogen (secondary N) is 1. The molecule has 8 nitrogen and oxygen atoms in total. The van der Waals surface area contributed by atoms with Crippen molar-refractivity contribution in [3.8, 4) is 11.6 Å². The summed E-state index contributed by atoms with van der Waals surface area (Å²) in [6.45, 7) is 0.577. The molecule has 9 heteroatoms. The molecule has 0 saturated heterocycles. The number of imidazole rings is 1. The molecule has 1 saturated carbocycles. The predicted octanol–water partition coefficient (Wildman–Crippen LogP) is 5.12. The van der Waals surface area contributed by atoms with Crippen LogP contribution in [0.5, 0.6) is 0 Å². The molecule has 0 radical (unpaired) electrons. The van der Waals surface area contributed by atoms with Gasteiger partial charge in [0.2, 0.25) is 11.7 Å². The minimum absolute atomic E-state index is 0.165. The molecule has 174 valence electrons. The molecular weight excluding hydrogens is 460 g/mol. The molecule has 1 amide bonds. The second kappa shape index (κ2) is 8.13. The van der Waals surface area contributed by atoms with Gasteiger partial charge in [0.1, 0.15) is 16.7 Å². The number of aryl methyl sites for hydroxylation is 1. The molecule has 1 aliphatic heterocycles. The number of para-hydroxylation sites is 1. The van der Waals surface area contributed by atoms with Gasteiger partial charge in [0.05, 0.1) is 27.9 Å². The topological polar surface area (TPSA) is 101 Å². The van der Waals surface area contributed by atoms with Gasteiger partial charge in [-0.3, -0.25) is 9.78 Å². The Morgan fingerprint density at radius 1 is 1.06 bits per heavy atom. The Balaban J connectivity index is 1.35. The SMILES string of the molecule is O=C(c1oc(-c2ccccn2)nc1C1CC1)N1CCCc2[nH]cnc2[C@H]1c1nc2ccccc2s1. The number of H-pyrrole nitrogens is 1. The van der Waals surface area contributed by atoms with Crippen molar-refractivity contribution >= 4 is 27.5 Å². The Labute approximate surface area is 205 Å². The van der Waals surface area contributed by atoms with E-state index in [1.165, 1.54) is 0 Å². The van der Waals surface area contributed by atoms with E-state index >= 15 is 0 Å². The van der Waals surface area contributed by atoms with E-state index in [0.717, 1.165) is 58.0 Å². The van der Waals surface area contributed by atoms with E-state index in [2.05, 4.69) is 21.0 Å². The smallest absolute Gasteiger partial charge is 0.292 e. The van der Waals surface area contributed by atoms with Crippen LogP contribution in [-0.4, -0.2) is 42.3 Å². The molecule has 0 bridgehead atoms. The number of oxazole rings is 1. The zero-order valence-electron chi connectivity index (χ0n) is 18.8. The van der Waals surface area contributed by atoms with Gasteiger partial charge in [0.25, 0.3) is 5.91 Å². The maximum absolute atomic E-state index is 14.2. The highest BCUT2D eigenvalue weighted by Gasteiger charge is 2.40. The molecule has 4 aromatic heterocycles. The number of nitrogens with zero attached hydrogens (tertiary/aromatic N) is 5. The number of carbonyl (C=O) groups is 1. The van der Waals surface area contributed by atoms with Crippen molar-refractivity contribution in [2.45, 2.75) is 37.6 Å². The first-order chi connectivity index (χ1) is 17.3. The molecule has 1 atom stereocenters. The summed E-state index contributed by atoms with van der Waals surface area (Å²) in [4.78, 5) is 38.0. The number of benzene rings is 1. The van der Waals surface area contributed by atoms with Crippen LogP contribution < -0.4 is 0 Å². The van der Waals surface area contributed by atoms with Crippen molar-refractivity contribution in [2.75, 3.05) is 6.54 Å². The molecule has 1 N–H and O–H groups in total. The summed E-state index contributed by atoms with van der Waals surface area (Å²) in [5.74, 6) is 0.798. The number of aromatic amines is 1. The zero-order chi connectivity index (χ0) is 23.4. The first-order valence-electron chi connectivity index (χ1n) is 11.9. The van der Waals surface area contributed by atoms with E-state index in [4.69, 9.17) is 14.4 Å². The monoisotopic (exact) mass is 482 g/mol. The molecule has 5 heterocycles. The van der Waals surface area contributed by atoms with Crippen LogP contribution in [-0.2, 0) is 6.42 Å². The number of amides is 1. The summed E-state index contributed by atoms with van der Waals surface area (Å²) in [5.41, 5.74) is 4.20. The Bertz CT molecular complexity index is 1500. The zero-order valence-corrected chi connectivity index (χ0v) is 19.7. The predicted molar refractivity (Wildman–Crippen MR) is 131 cm³/mol.